The summed E-state index contributed by atoms with van der Waals surface area (Å²) in [5.41, 5.74) is 1.51. The maximum atomic E-state index is 15.7. The SMILES string of the molecule is COc1ccc2ncc(Cl)c(C(F)CCC3(C(=O)NO)CCN(CCOc4cc(F)cc(F)c4F)CC3)c2c1. The summed E-state index contributed by atoms with van der Waals surface area (Å²) in [5, 5.41) is 10.1. The van der Waals surface area contributed by atoms with Crippen LogP contribution in [0.15, 0.2) is 36.5 Å². The van der Waals surface area contributed by atoms with Crippen LogP contribution in [0.1, 0.15) is 37.4 Å². The Hall–Kier alpha value is -3.15. The normalized spacial score (nSPS) is 16.2. The van der Waals surface area contributed by atoms with Crippen LogP contribution in [0.5, 0.6) is 11.5 Å². The molecule has 0 spiro atoms. The minimum atomic E-state index is -1.51. The highest BCUT2D eigenvalue weighted by atomic mass is 35.5. The minimum absolute atomic E-state index is 0.0308. The standard InChI is InChI=1S/C27H28ClF4N3O4/c1-38-17-2-3-22-18(14-17)24(19(28)15-33-22)20(30)4-5-27(26(36)34-37)6-8-35(9-7-27)10-11-39-23-13-16(29)12-21(31)25(23)32/h2-3,12-15,20,37H,4-11H2,1H3,(H,34,36). The van der Waals surface area contributed by atoms with Crippen molar-refractivity contribution < 1.29 is 37.0 Å². The van der Waals surface area contributed by atoms with Crippen LogP contribution >= 0.6 is 11.6 Å². The van der Waals surface area contributed by atoms with Gasteiger partial charge in [-0.3, -0.25) is 19.9 Å². The molecular weight excluding hydrogens is 542 g/mol. The van der Waals surface area contributed by atoms with Crippen molar-refractivity contribution in [2.45, 2.75) is 31.9 Å². The monoisotopic (exact) mass is 569 g/mol. The second-order valence-electron chi connectivity index (χ2n) is 9.52. The average Bonchev–Trinajstić information content (AvgIpc) is 2.94. The molecule has 1 aliphatic rings. The molecule has 210 valence electrons. The fraction of sp³-hybridized carbons (Fsp3) is 0.407. The number of hydrogen-bond acceptors (Lipinski definition) is 6. The Labute approximate surface area is 227 Å². The van der Waals surface area contributed by atoms with Gasteiger partial charge in [0.1, 0.15) is 24.3 Å². The van der Waals surface area contributed by atoms with Gasteiger partial charge in [-0.1, -0.05) is 11.6 Å². The van der Waals surface area contributed by atoms with Crippen LogP contribution in [0.3, 0.4) is 0 Å². The third kappa shape index (κ3) is 6.37. The van der Waals surface area contributed by atoms with E-state index >= 15 is 4.39 Å². The van der Waals surface area contributed by atoms with E-state index in [9.17, 15) is 23.2 Å². The van der Waals surface area contributed by atoms with Gasteiger partial charge in [-0.2, -0.15) is 4.39 Å². The highest BCUT2D eigenvalue weighted by Crippen LogP contribution is 2.42. The van der Waals surface area contributed by atoms with Gasteiger partial charge in [0, 0.05) is 35.8 Å². The van der Waals surface area contributed by atoms with Crippen molar-refractivity contribution in [3.8, 4) is 11.5 Å². The first-order valence-electron chi connectivity index (χ1n) is 12.4. The van der Waals surface area contributed by atoms with E-state index in [1.54, 1.807) is 23.7 Å². The first-order chi connectivity index (χ1) is 18.7. The van der Waals surface area contributed by atoms with Crippen LogP contribution in [-0.2, 0) is 4.79 Å². The number of nitrogens with one attached hydrogen (secondary N) is 1. The molecule has 4 rings (SSSR count). The Morgan fingerprint density at radius 1 is 1.23 bits per heavy atom. The molecule has 1 aromatic heterocycles. The fourth-order valence-corrected chi connectivity index (χ4v) is 5.27. The van der Waals surface area contributed by atoms with Crippen molar-refractivity contribution >= 4 is 28.4 Å². The van der Waals surface area contributed by atoms with Gasteiger partial charge >= 0.3 is 0 Å². The van der Waals surface area contributed by atoms with E-state index in [1.165, 1.54) is 13.3 Å². The minimum Gasteiger partial charge on any atom is -0.497 e. The van der Waals surface area contributed by atoms with Gasteiger partial charge in [0.25, 0.3) is 0 Å². The Morgan fingerprint density at radius 3 is 2.67 bits per heavy atom. The molecule has 2 N–H and O–H groups in total. The van der Waals surface area contributed by atoms with Crippen molar-refractivity contribution in [2.24, 2.45) is 5.41 Å². The van der Waals surface area contributed by atoms with Gasteiger partial charge in [0.15, 0.2) is 11.6 Å². The topological polar surface area (TPSA) is 83.9 Å². The molecule has 0 radical (unpaired) electrons. The maximum absolute atomic E-state index is 15.7. The molecule has 2 aromatic carbocycles. The van der Waals surface area contributed by atoms with Crippen molar-refractivity contribution in [1.82, 2.24) is 15.4 Å². The summed E-state index contributed by atoms with van der Waals surface area (Å²) in [6, 6.07) is 6.29. The van der Waals surface area contributed by atoms with Gasteiger partial charge in [0.05, 0.1) is 23.1 Å². The number of carbonyl (C=O) groups excluding carboxylic acids is 1. The molecule has 1 aliphatic heterocycles. The number of amides is 1. The molecule has 1 saturated heterocycles. The molecular formula is C27H28ClF4N3O4. The number of fused-ring (bicyclic) bond motifs is 1. The number of ether oxygens (including phenoxy) is 2. The molecule has 0 bridgehead atoms. The van der Waals surface area contributed by atoms with Crippen LogP contribution in [0.25, 0.3) is 10.9 Å². The first kappa shape index (κ1) is 28.8. The fourth-order valence-electron chi connectivity index (χ4n) is 5.00. The number of pyridine rings is 1. The third-order valence-electron chi connectivity index (χ3n) is 7.28. The Kier molecular flexibility index (Phi) is 9.14. The number of nitrogens with zero attached hydrogens (tertiary/aromatic N) is 2. The lowest BCUT2D eigenvalue weighted by molar-refractivity contribution is -0.143. The van der Waals surface area contributed by atoms with Gasteiger partial charge < -0.3 is 9.47 Å². The van der Waals surface area contributed by atoms with Gasteiger partial charge in [-0.25, -0.2) is 18.7 Å². The molecule has 2 heterocycles. The number of likely N-dealkylation sites (tertiary alicyclic amines) is 1. The summed E-state index contributed by atoms with van der Waals surface area (Å²) in [6.45, 7) is 1.08. The molecule has 1 amide bonds. The van der Waals surface area contributed by atoms with Crippen LogP contribution in [0.2, 0.25) is 5.02 Å². The largest absolute Gasteiger partial charge is 0.497 e. The Morgan fingerprint density at radius 2 is 1.97 bits per heavy atom. The van der Waals surface area contributed by atoms with Crippen molar-refractivity contribution in [1.29, 1.82) is 0 Å². The number of methoxy groups -OCH3 is 1. The van der Waals surface area contributed by atoms with Crippen LogP contribution in [0.4, 0.5) is 17.6 Å². The van der Waals surface area contributed by atoms with Gasteiger partial charge in [-0.15, -0.1) is 0 Å². The van der Waals surface area contributed by atoms with Crippen LogP contribution in [-0.4, -0.2) is 54.3 Å². The molecule has 1 fully saturated rings. The number of carbonyl (C=O) groups is 1. The summed E-state index contributed by atoms with van der Waals surface area (Å²) in [6.07, 6.45) is 0.617. The van der Waals surface area contributed by atoms with Crippen molar-refractivity contribution in [2.75, 3.05) is 33.4 Å². The van der Waals surface area contributed by atoms with Crippen LogP contribution in [0, 0.1) is 22.9 Å². The van der Waals surface area contributed by atoms with E-state index < -0.39 is 40.7 Å². The zero-order valence-electron chi connectivity index (χ0n) is 21.2. The lowest BCUT2D eigenvalue weighted by atomic mass is 9.73. The van der Waals surface area contributed by atoms with E-state index in [2.05, 4.69) is 4.98 Å². The highest BCUT2D eigenvalue weighted by molar-refractivity contribution is 6.32. The summed E-state index contributed by atoms with van der Waals surface area (Å²) >= 11 is 6.33. The molecule has 3 aromatic rings. The molecule has 7 nitrogen and oxygen atoms in total. The quantitative estimate of drug-likeness (QED) is 0.140. The molecule has 12 heteroatoms. The highest BCUT2D eigenvalue weighted by Gasteiger charge is 2.41. The number of hydrogen-bond donors (Lipinski definition) is 2. The summed E-state index contributed by atoms with van der Waals surface area (Å²) in [7, 11) is 1.50. The number of aromatic nitrogens is 1. The Bertz CT molecular complexity index is 1340. The van der Waals surface area contributed by atoms with Crippen LogP contribution < -0.4 is 15.0 Å². The van der Waals surface area contributed by atoms with Gasteiger partial charge in [0.2, 0.25) is 11.7 Å². The molecule has 1 unspecified atom stereocenters. The molecule has 39 heavy (non-hydrogen) atoms. The number of hydroxylamine groups is 1. The van der Waals surface area contributed by atoms with Gasteiger partial charge in [-0.05, 0) is 57.0 Å². The predicted molar refractivity (Wildman–Crippen MR) is 136 cm³/mol. The Balaban J connectivity index is 1.40. The van der Waals surface area contributed by atoms with E-state index in [-0.39, 0.29) is 30.0 Å². The summed E-state index contributed by atoms with van der Waals surface area (Å²) < 4.78 is 66.7. The molecule has 0 saturated carbocycles. The third-order valence-corrected chi connectivity index (χ3v) is 7.58. The van der Waals surface area contributed by atoms with E-state index in [0.717, 1.165) is 6.07 Å². The van der Waals surface area contributed by atoms with E-state index in [0.29, 0.717) is 55.2 Å². The second-order valence-corrected chi connectivity index (χ2v) is 9.93. The second kappa shape index (κ2) is 12.4. The number of benzene rings is 2. The number of piperidine rings is 1. The average molecular weight is 570 g/mol. The van der Waals surface area contributed by atoms with E-state index in [4.69, 9.17) is 21.1 Å². The number of alkyl halides is 1. The van der Waals surface area contributed by atoms with Crippen molar-refractivity contribution in [3.05, 3.63) is 64.6 Å². The zero-order valence-corrected chi connectivity index (χ0v) is 21.9. The summed E-state index contributed by atoms with van der Waals surface area (Å²) in [4.78, 5) is 18.9. The smallest absolute Gasteiger partial charge is 0.249 e. The number of halogens is 5. The summed E-state index contributed by atoms with van der Waals surface area (Å²) in [5.74, 6) is -4.16. The molecule has 0 aliphatic carbocycles. The number of rotatable bonds is 10. The predicted octanol–water partition coefficient (Wildman–Crippen LogP) is 5.77. The first-order valence-corrected chi connectivity index (χ1v) is 12.8. The van der Waals surface area contributed by atoms with E-state index in [1.807, 2.05) is 4.90 Å². The molecule has 1 atom stereocenters. The zero-order chi connectivity index (χ0) is 28.2. The maximum Gasteiger partial charge on any atom is 0.249 e. The lowest BCUT2D eigenvalue weighted by Crippen LogP contribution is -2.49. The lowest BCUT2D eigenvalue weighted by Gasteiger charge is -2.40. The van der Waals surface area contributed by atoms with Crippen molar-refractivity contribution in [3.63, 3.8) is 0 Å².